The van der Waals surface area contributed by atoms with Gasteiger partial charge in [-0.1, -0.05) is 0 Å². The molecule has 0 fully saturated rings. The molecule has 1 aromatic carbocycles. The summed E-state index contributed by atoms with van der Waals surface area (Å²) in [6, 6.07) is 10.7. The third-order valence-corrected chi connectivity index (χ3v) is 6.73. The van der Waals surface area contributed by atoms with Crippen molar-refractivity contribution in [3.63, 3.8) is 0 Å². The second-order valence-corrected chi connectivity index (χ2v) is 8.38. The van der Waals surface area contributed by atoms with Gasteiger partial charge in [-0.2, -0.15) is 0 Å². The van der Waals surface area contributed by atoms with Crippen molar-refractivity contribution in [1.29, 1.82) is 0 Å². The van der Waals surface area contributed by atoms with E-state index in [1.165, 1.54) is 5.39 Å². The number of nitrogens with zero attached hydrogens (tertiary/aromatic N) is 3. The Hall–Kier alpha value is -2.21. The minimum atomic E-state index is 0.0425. The molecule has 5 rings (SSSR count). The zero-order valence-electron chi connectivity index (χ0n) is 16.6. The predicted molar refractivity (Wildman–Crippen MR) is 116 cm³/mol. The number of anilines is 1. The number of rotatable bonds is 5. The van der Waals surface area contributed by atoms with Crippen LogP contribution in [0.15, 0.2) is 71.5 Å². The number of aliphatic imine (C=N–C) groups is 1. The first kappa shape index (κ1) is 18.8. The van der Waals surface area contributed by atoms with Gasteiger partial charge < -0.3 is 0 Å². The molecule has 6 heteroatoms. The third-order valence-electron chi connectivity index (χ3n) is 5.78. The van der Waals surface area contributed by atoms with Crippen LogP contribution in [0.2, 0.25) is 0 Å². The molecule has 0 spiro atoms. The molecular weight excluding hydrogens is 465 g/mol. The van der Waals surface area contributed by atoms with Crippen molar-refractivity contribution in [2.45, 2.75) is 32.5 Å². The fourth-order valence-corrected chi connectivity index (χ4v) is 5.04. The van der Waals surface area contributed by atoms with Gasteiger partial charge in [0.1, 0.15) is 0 Å². The Balaban J connectivity index is 1.59. The SMILES string of the molecule is CCCCN(C1=NC2C([O][InH])=CC=CC2C=C1)c1ccc2cccc3c2[n+]1CO3. The van der Waals surface area contributed by atoms with Crippen LogP contribution >= 0.6 is 0 Å². The number of pyridine rings is 1. The third kappa shape index (κ3) is 3.27. The van der Waals surface area contributed by atoms with E-state index in [0.29, 0.717) is 31.5 Å². The van der Waals surface area contributed by atoms with Crippen LogP contribution in [-0.2, 0) is 9.59 Å². The molecule has 2 atom stereocenters. The van der Waals surface area contributed by atoms with E-state index < -0.39 is 0 Å². The predicted octanol–water partition coefficient (Wildman–Crippen LogP) is 3.32. The molecule has 5 nitrogen and oxygen atoms in total. The quantitative estimate of drug-likeness (QED) is 0.606. The molecule has 3 aliphatic rings. The van der Waals surface area contributed by atoms with Crippen LogP contribution < -0.4 is 14.2 Å². The number of hydrogen-bond acceptors (Lipinski definition) is 4. The summed E-state index contributed by atoms with van der Waals surface area (Å²) in [4.78, 5) is 7.48. The van der Waals surface area contributed by atoms with E-state index in [0.717, 1.165) is 48.1 Å². The van der Waals surface area contributed by atoms with E-state index in [1.807, 2.05) is 6.07 Å². The molecule has 1 radical (unpaired) electrons. The number of dihydropyridines is 1. The Labute approximate surface area is 186 Å². The molecular formula is C23H24InN3O2+. The molecule has 2 aromatic rings. The standard InChI is InChI=1S/C23H23N3O2.In.H/c1-2-3-14-25(20-12-10-16-6-4-8-18(27)22(16)24-20)21-13-11-17-7-5-9-19-23(17)26(21)15-28-19;;/h4-13,16,22H,2-3,14-15H2,1H3;;/q;+1;. The van der Waals surface area contributed by atoms with Gasteiger partial charge in [0.2, 0.25) is 0 Å². The molecule has 2 unspecified atom stereocenters. The molecule has 0 saturated heterocycles. The van der Waals surface area contributed by atoms with Crippen LogP contribution in [0, 0.1) is 5.92 Å². The van der Waals surface area contributed by atoms with Crippen LogP contribution in [0.25, 0.3) is 10.9 Å². The normalized spacial score (nSPS) is 21.4. The second-order valence-electron chi connectivity index (χ2n) is 7.56. The first-order valence-corrected chi connectivity index (χ1v) is 11.9. The number of hydrogen-bond donors (Lipinski definition) is 0. The van der Waals surface area contributed by atoms with Crippen molar-refractivity contribution in [3.8, 4) is 5.75 Å². The number of fused-ring (bicyclic) bond motifs is 1. The summed E-state index contributed by atoms with van der Waals surface area (Å²) in [6.45, 7) is 3.68. The van der Waals surface area contributed by atoms with Crippen molar-refractivity contribution in [3.05, 3.63) is 66.5 Å². The van der Waals surface area contributed by atoms with Crippen LogP contribution in [-0.4, -0.2) is 43.2 Å². The van der Waals surface area contributed by atoms with Crippen LogP contribution in [0.1, 0.15) is 19.8 Å². The maximum absolute atomic E-state index is 5.96. The first-order valence-electron chi connectivity index (χ1n) is 10.2. The summed E-state index contributed by atoms with van der Waals surface area (Å²) in [7, 11) is 0. The zero-order valence-corrected chi connectivity index (χ0v) is 20.7. The summed E-state index contributed by atoms with van der Waals surface area (Å²) in [5.41, 5.74) is 1.16. The summed E-state index contributed by atoms with van der Waals surface area (Å²) < 4.78 is 14.0. The van der Waals surface area contributed by atoms with E-state index in [-0.39, 0.29) is 12.0 Å². The van der Waals surface area contributed by atoms with Crippen molar-refractivity contribution in [1.82, 2.24) is 0 Å². The van der Waals surface area contributed by atoms with E-state index in [1.54, 1.807) is 0 Å². The molecule has 2 aliphatic heterocycles. The zero-order chi connectivity index (χ0) is 19.8. The Kier molecular flexibility index (Phi) is 5.12. The first-order chi connectivity index (χ1) is 14.3. The molecule has 29 heavy (non-hydrogen) atoms. The average Bonchev–Trinajstić information content (AvgIpc) is 3.20. The van der Waals surface area contributed by atoms with Gasteiger partial charge in [0, 0.05) is 0 Å². The monoisotopic (exact) mass is 489 g/mol. The van der Waals surface area contributed by atoms with Gasteiger partial charge in [-0.05, 0) is 0 Å². The number of unbranched alkanes of at least 4 members (excludes halogenated alkanes) is 1. The number of benzene rings is 1. The molecule has 145 valence electrons. The minimum absolute atomic E-state index is 0.0425. The fraction of sp³-hybridized carbons (Fsp3) is 0.304. The van der Waals surface area contributed by atoms with Gasteiger partial charge in [0.25, 0.3) is 0 Å². The summed E-state index contributed by atoms with van der Waals surface area (Å²) in [6.07, 6.45) is 13.0. The van der Waals surface area contributed by atoms with E-state index >= 15 is 0 Å². The van der Waals surface area contributed by atoms with Crippen LogP contribution in [0.3, 0.4) is 0 Å². The molecule has 1 aliphatic carbocycles. The van der Waals surface area contributed by atoms with Gasteiger partial charge in [-0.25, -0.2) is 0 Å². The average molecular weight is 489 g/mol. The van der Waals surface area contributed by atoms with E-state index in [9.17, 15) is 0 Å². The van der Waals surface area contributed by atoms with Crippen LogP contribution in [0.5, 0.6) is 5.75 Å². The Bertz CT molecular complexity index is 1070. The number of ether oxygens (including phenoxy) is 1. The molecule has 0 N–H and O–H groups in total. The maximum atomic E-state index is 5.96. The molecule has 3 heterocycles. The van der Waals surface area contributed by atoms with Gasteiger partial charge in [0.05, 0.1) is 0 Å². The van der Waals surface area contributed by atoms with Crippen LogP contribution in [0.4, 0.5) is 5.82 Å². The van der Waals surface area contributed by atoms with Crippen molar-refractivity contribution in [2.75, 3.05) is 11.4 Å². The second kappa shape index (κ2) is 7.90. The van der Waals surface area contributed by atoms with Gasteiger partial charge in [0.15, 0.2) is 0 Å². The molecule has 0 bridgehead atoms. The molecule has 0 saturated carbocycles. The molecule has 0 amide bonds. The number of aromatic nitrogens is 1. The van der Waals surface area contributed by atoms with Gasteiger partial charge in [-0.3, -0.25) is 0 Å². The topological polar surface area (TPSA) is 37.9 Å². The summed E-state index contributed by atoms with van der Waals surface area (Å²) in [5.74, 6) is 4.34. The van der Waals surface area contributed by atoms with Crippen molar-refractivity contribution >= 4 is 47.4 Å². The van der Waals surface area contributed by atoms with E-state index in [4.69, 9.17) is 12.6 Å². The fourth-order valence-electron chi connectivity index (χ4n) is 4.28. The van der Waals surface area contributed by atoms with E-state index in [2.05, 4.69) is 71.0 Å². The van der Waals surface area contributed by atoms with Gasteiger partial charge in [-0.15, -0.1) is 0 Å². The summed E-state index contributed by atoms with van der Waals surface area (Å²) in [5, 5.41) is 1.20. The molecule has 1 aromatic heterocycles. The summed E-state index contributed by atoms with van der Waals surface area (Å²) >= 11 is 0.439. The number of allylic oxidation sites excluding steroid dienone is 2. The number of amidine groups is 1. The van der Waals surface area contributed by atoms with Crippen molar-refractivity contribution < 1.29 is 12.2 Å². The van der Waals surface area contributed by atoms with Crippen molar-refractivity contribution in [2.24, 2.45) is 10.9 Å². The Morgan fingerprint density at radius 2 is 2.21 bits per heavy atom. The Morgan fingerprint density at radius 1 is 1.28 bits per heavy atom. The van der Waals surface area contributed by atoms with Gasteiger partial charge >= 0.3 is 187 Å². The number of para-hydroxylation sites is 1. The Morgan fingerprint density at radius 3 is 3.07 bits per heavy atom.